The summed E-state index contributed by atoms with van der Waals surface area (Å²) in [5, 5.41) is 15.3. The Bertz CT molecular complexity index is 755. The number of nitriles is 1. The van der Waals surface area contributed by atoms with Gasteiger partial charge in [0.25, 0.3) is 0 Å². The van der Waals surface area contributed by atoms with Crippen LogP contribution in [0.25, 0.3) is 10.9 Å². The molecule has 0 radical (unpaired) electrons. The molecule has 6 nitrogen and oxygen atoms in total. The second-order valence-corrected chi connectivity index (χ2v) is 3.90. The van der Waals surface area contributed by atoms with Crippen molar-refractivity contribution in [1.82, 2.24) is 15.0 Å². The Morgan fingerprint density at radius 1 is 1.16 bits per heavy atom. The molecule has 0 bridgehead atoms. The number of hydrogen-bond donors (Lipinski definition) is 3. The molecule has 19 heavy (non-hydrogen) atoms. The van der Waals surface area contributed by atoms with Gasteiger partial charge in [0, 0.05) is 23.2 Å². The van der Waals surface area contributed by atoms with Crippen LogP contribution in [-0.2, 0) is 0 Å². The van der Waals surface area contributed by atoms with E-state index in [-0.39, 0.29) is 0 Å². The van der Waals surface area contributed by atoms with Crippen LogP contribution in [0.5, 0.6) is 0 Å². The third-order valence-corrected chi connectivity index (χ3v) is 2.70. The second kappa shape index (κ2) is 4.66. The van der Waals surface area contributed by atoms with Crippen LogP contribution in [0.2, 0.25) is 0 Å². The van der Waals surface area contributed by atoms with Gasteiger partial charge in [-0.1, -0.05) is 18.2 Å². The van der Waals surface area contributed by atoms with Crippen molar-refractivity contribution < 1.29 is 0 Å². The first kappa shape index (κ1) is 11.0. The first-order valence-corrected chi connectivity index (χ1v) is 5.67. The molecule has 0 spiro atoms. The summed E-state index contributed by atoms with van der Waals surface area (Å²) in [5.74, 6) is 1.08. The standard InChI is InChI=1S/C13H10N6/c14-7-16-12-5-13(18-8-17-12)19-11-6-15-10-4-2-1-3-9(10)11/h1-6,8,15H,(H2,16,17,18,19). The van der Waals surface area contributed by atoms with Gasteiger partial charge in [0.15, 0.2) is 6.19 Å². The van der Waals surface area contributed by atoms with Gasteiger partial charge in [0.05, 0.1) is 5.69 Å². The van der Waals surface area contributed by atoms with Gasteiger partial charge in [-0.25, -0.2) is 9.97 Å². The number of para-hydroxylation sites is 1. The Balaban J connectivity index is 1.93. The molecule has 0 aliphatic carbocycles. The van der Waals surface area contributed by atoms with Crippen LogP contribution in [0, 0.1) is 11.5 Å². The monoisotopic (exact) mass is 250 g/mol. The first-order chi connectivity index (χ1) is 9.36. The van der Waals surface area contributed by atoms with Crippen LogP contribution in [0.3, 0.4) is 0 Å². The third-order valence-electron chi connectivity index (χ3n) is 2.70. The zero-order valence-electron chi connectivity index (χ0n) is 9.88. The van der Waals surface area contributed by atoms with Crippen molar-refractivity contribution in [2.75, 3.05) is 10.6 Å². The highest BCUT2D eigenvalue weighted by Crippen LogP contribution is 2.25. The van der Waals surface area contributed by atoms with Crippen molar-refractivity contribution in [3.63, 3.8) is 0 Å². The number of aromatic amines is 1. The van der Waals surface area contributed by atoms with E-state index >= 15 is 0 Å². The zero-order chi connectivity index (χ0) is 13.1. The lowest BCUT2D eigenvalue weighted by Gasteiger charge is -2.04. The van der Waals surface area contributed by atoms with Crippen molar-refractivity contribution in [2.24, 2.45) is 0 Å². The maximum absolute atomic E-state index is 8.56. The molecule has 0 saturated carbocycles. The molecule has 6 heteroatoms. The zero-order valence-corrected chi connectivity index (χ0v) is 9.88. The maximum Gasteiger partial charge on any atom is 0.182 e. The summed E-state index contributed by atoms with van der Waals surface area (Å²) in [6, 6.07) is 9.64. The summed E-state index contributed by atoms with van der Waals surface area (Å²) in [6.07, 6.45) is 5.10. The highest BCUT2D eigenvalue weighted by molar-refractivity contribution is 5.93. The highest BCUT2D eigenvalue weighted by Gasteiger charge is 2.04. The number of fused-ring (bicyclic) bond motifs is 1. The van der Waals surface area contributed by atoms with E-state index in [1.165, 1.54) is 6.33 Å². The van der Waals surface area contributed by atoms with Gasteiger partial charge >= 0.3 is 0 Å². The van der Waals surface area contributed by atoms with Crippen LogP contribution < -0.4 is 10.6 Å². The molecule has 0 fully saturated rings. The van der Waals surface area contributed by atoms with Crippen molar-refractivity contribution in [3.8, 4) is 6.19 Å². The van der Waals surface area contributed by atoms with Gasteiger partial charge in [-0.3, -0.25) is 5.32 Å². The summed E-state index contributed by atoms with van der Waals surface area (Å²) in [7, 11) is 0. The average molecular weight is 250 g/mol. The molecule has 1 aromatic carbocycles. The molecule has 0 aliphatic rings. The van der Waals surface area contributed by atoms with E-state index in [9.17, 15) is 0 Å². The van der Waals surface area contributed by atoms with Crippen LogP contribution in [0.15, 0.2) is 42.9 Å². The molecule has 0 unspecified atom stereocenters. The molecule has 2 heterocycles. The molecule has 0 atom stereocenters. The fourth-order valence-corrected chi connectivity index (χ4v) is 1.86. The smallest absolute Gasteiger partial charge is 0.182 e. The number of benzene rings is 1. The van der Waals surface area contributed by atoms with E-state index < -0.39 is 0 Å². The minimum Gasteiger partial charge on any atom is -0.359 e. The van der Waals surface area contributed by atoms with Crippen LogP contribution >= 0.6 is 0 Å². The van der Waals surface area contributed by atoms with Crippen molar-refractivity contribution in [1.29, 1.82) is 5.26 Å². The SMILES string of the molecule is N#CNc1cc(Nc2c[nH]c3ccccc23)ncn1. The summed E-state index contributed by atoms with van der Waals surface area (Å²) < 4.78 is 0. The van der Waals surface area contributed by atoms with E-state index in [1.807, 2.05) is 36.7 Å². The van der Waals surface area contributed by atoms with Crippen molar-refractivity contribution >= 4 is 28.2 Å². The Morgan fingerprint density at radius 2 is 2.00 bits per heavy atom. The number of hydrogen-bond acceptors (Lipinski definition) is 5. The molecule has 2 aromatic heterocycles. The molecule has 3 N–H and O–H groups in total. The van der Waals surface area contributed by atoms with Crippen LogP contribution in [0.1, 0.15) is 0 Å². The van der Waals surface area contributed by atoms with Gasteiger partial charge in [-0.15, -0.1) is 0 Å². The lowest BCUT2D eigenvalue weighted by molar-refractivity contribution is 1.17. The summed E-state index contributed by atoms with van der Waals surface area (Å²) >= 11 is 0. The fraction of sp³-hybridized carbons (Fsp3) is 0. The van der Waals surface area contributed by atoms with Gasteiger partial charge < -0.3 is 10.3 Å². The van der Waals surface area contributed by atoms with Crippen LogP contribution in [-0.4, -0.2) is 15.0 Å². The Labute approximate surface area is 109 Å². The predicted octanol–water partition coefficient (Wildman–Crippen LogP) is 2.59. The van der Waals surface area contributed by atoms with E-state index in [2.05, 4.69) is 25.6 Å². The van der Waals surface area contributed by atoms with Crippen LogP contribution in [0.4, 0.5) is 17.3 Å². The summed E-state index contributed by atoms with van der Waals surface area (Å²) in [5.41, 5.74) is 1.98. The van der Waals surface area contributed by atoms with E-state index in [1.54, 1.807) is 6.07 Å². The number of rotatable bonds is 3. The average Bonchev–Trinajstić information content (AvgIpc) is 2.83. The van der Waals surface area contributed by atoms with E-state index in [4.69, 9.17) is 5.26 Å². The normalized spacial score (nSPS) is 10.1. The Kier molecular flexibility index (Phi) is 2.71. The molecule has 0 amide bonds. The summed E-state index contributed by atoms with van der Waals surface area (Å²) in [6.45, 7) is 0. The number of nitrogens with one attached hydrogen (secondary N) is 3. The van der Waals surface area contributed by atoms with Gasteiger partial charge in [-0.2, -0.15) is 5.26 Å². The predicted molar refractivity (Wildman–Crippen MR) is 72.8 cm³/mol. The molecule has 3 rings (SSSR count). The Hall–Kier alpha value is -3.07. The van der Waals surface area contributed by atoms with Crippen molar-refractivity contribution in [2.45, 2.75) is 0 Å². The molecule has 0 aliphatic heterocycles. The number of H-pyrrole nitrogens is 1. The largest absolute Gasteiger partial charge is 0.359 e. The second-order valence-electron chi connectivity index (χ2n) is 3.90. The van der Waals surface area contributed by atoms with E-state index in [0.29, 0.717) is 11.6 Å². The topological polar surface area (TPSA) is 89.4 Å². The minimum atomic E-state index is 0.458. The van der Waals surface area contributed by atoms with Gasteiger partial charge in [0.1, 0.15) is 18.0 Å². The summed E-state index contributed by atoms with van der Waals surface area (Å²) in [4.78, 5) is 11.2. The number of aromatic nitrogens is 3. The van der Waals surface area contributed by atoms with Crippen molar-refractivity contribution in [3.05, 3.63) is 42.9 Å². The minimum absolute atomic E-state index is 0.458. The Morgan fingerprint density at radius 3 is 2.89 bits per heavy atom. The highest BCUT2D eigenvalue weighted by atomic mass is 15.1. The molecule has 0 saturated heterocycles. The molecular weight excluding hydrogens is 240 g/mol. The van der Waals surface area contributed by atoms with Gasteiger partial charge in [-0.05, 0) is 6.07 Å². The lowest BCUT2D eigenvalue weighted by atomic mass is 10.2. The fourth-order valence-electron chi connectivity index (χ4n) is 1.86. The third kappa shape index (κ3) is 2.17. The maximum atomic E-state index is 8.56. The number of anilines is 3. The van der Waals surface area contributed by atoms with Gasteiger partial charge in [0.2, 0.25) is 0 Å². The lowest BCUT2D eigenvalue weighted by Crippen LogP contribution is -1.97. The molecule has 92 valence electrons. The molecular formula is C13H10N6. The molecule has 3 aromatic rings. The first-order valence-electron chi connectivity index (χ1n) is 5.67. The number of nitrogens with zero attached hydrogens (tertiary/aromatic N) is 3. The quantitative estimate of drug-likeness (QED) is 0.491. The van der Waals surface area contributed by atoms with E-state index in [0.717, 1.165) is 16.6 Å².